The largest absolute Gasteiger partial charge is 0.481 e. The zero-order chi connectivity index (χ0) is 12.3. The fourth-order valence-corrected chi connectivity index (χ4v) is 6.08. The third kappa shape index (κ3) is 1.63. The SMILES string of the molecule is CCC(C(=O)O)C12CC3CC(CC(C)(C3)C1)C2. The minimum atomic E-state index is -0.543. The molecule has 2 heteroatoms. The molecule has 0 heterocycles. The first-order valence-corrected chi connectivity index (χ1v) is 7.19. The summed E-state index contributed by atoms with van der Waals surface area (Å²) in [4.78, 5) is 11.6. The summed E-state index contributed by atoms with van der Waals surface area (Å²) in [5.74, 6) is 1.02. The molecule has 4 aliphatic carbocycles. The van der Waals surface area contributed by atoms with E-state index in [0.717, 1.165) is 18.3 Å². The number of rotatable bonds is 3. The second-order valence-corrected chi connectivity index (χ2v) is 7.43. The number of hydrogen-bond donors (Lipinski definition) is 1. The molecule has 0 aromatic carbocycles. The highest BCUT2D eigenvalue weighted by atomic mass is 16.4. The van der Waals surface area contributed by atoms with E-state index in [1.807, 2.05) is 0 Å². The number of carboxylic acid groups (broad SMARTS) is 1. The summed E-state index contributed by atoms with van der Waals surface area (Å²) in [7, 11) is 0. The van der Waals surface area contributed by atoms with Gasteiger partial charge < -0.3 is 5.11 Å². The summed E-state index contributed by atoms with van der Waals surface area (Å²) in [6.07, 6.45) is 8.49. The van der Waals surface area contributed by atoms with E-state index in [2.05, 4.69) is 13.8 Å². The van der Waals surface area contributed by atoms with Gasteiger partial charge in [-0.1, -0.05) is 13.8 Å². The fraction of sp³-hybridized carbons (Fsp3) is 0.933. The predicted molar refractivity (Wildman–Crippen MR) is 66.6 cm³/mol. The molecular formula is C15H24O2. The standard InChI is InChI=1S/C15H24O2/c1-3-12(13(16)17)15-7-10-4-11(8-15)6-14(2,5-10)9-15/h10-12H,3-9H2,1-2H3,(H,16,17). The van der Waals surface area contributed by atoms with Crippen molar-refractivity contribution in [1.29, 1.82) is 0 Å². The lowest BCUT2D eigenvalue weighted by molar-refractivity contribution is -0.166. The van der Waals surface area contributed by atoms with Crippen molar-refractivity contribution in [3.05, 3.63) is 0 Å². The molecule has 4 bridgehead atoms. The Kier molecular flexibility index (Phi) is 2.37. The third-order valence-electron chi connectivity index (χ3n) is 5.84. The van der Waals surface area contributed by atoms with E-state index in [4.69, 9.17) is 0 Å². The zero-order valence-corrected chi connectivity index (χ0v) is 11.0. The fourth-order valence-electron chi connectivity index (χ4n) is 6.08. The molecule has 3 unspecified atom stereocenters. The van der Waals surface area contributed by atoms with Crippen LogP contribution in [0.2, 0.25) is 0 Å². The molecule has 3 atom stereocenters. The van der Waals surface area contributed by atoms with Gasteiger partial charge in [0.25, 0.3) is 0 Å². The maximum absolute atomic E-state index is 11.6. The molecule has 1 N–H and O–H groups in total. The summed E-state index contributed by atoms with van der Waals surface area (Å²) in [5, 5.41) is 9.52. The number of carboxylic acids is 1. The molecule has 0 radical (unpaired) electrons. The molecule has 17 heavy (non-hydrogen) atoms. The molecule has 0 spiro atoms. The summed E-state index contributed by atoms with van der Waals surface area (Å²) >= 11 is 0. The lowest BCUT2D eigenvalue weighted by Gasteiger charge is -2.63. The van der Waals surface area contributed by atoms with Crippen LogP contribution in [0.15, 0.2) is 0 Å². The Hall–Kier alpha value is -0.530. The first-order chi connectivity index (χ1) is 7.96. The average Bonchev–Trinajstić information content (AvgIpc) is 2.12. The van der Waals surface area contributed by atoms with Gasteiger partial charge in [-0.3, -0.25) is 4.79 Å². The third-order valence-corrected chi connectivity index (χ3v) is 5.84. The van der Waals surface area contributed by atoms with E-state index in [1.54, 1.807) is 0 Å². The number of carbonyl (C=O) groups is 1. The minimum Gasteiger partial charge on any atom is -0.481 e. The second kappa shape index (κ2) is 3.49. The van der Waals surface area contributed by atoms with Crippen LogP contribution in [-0.2, 0) is 4.79 Å². The van der Waals surface area contributed by atoms with Crippen molar-refractivity contribution in [2.24, 2.45) is 28.6 Å². The van der Waals surface area contributed by atoms with E-state index < -0.39 is 5.97 Å². The van der Waals surface area contributed by atoms with Gasteiger partial charge in [0.2, 0.25) is 0 Å². The van der Waals surface area contributed by atoms with Crippen LogP contribution in [0.3, 0.4) is 0 Å². The van der Waals surface area contributed by atoms with E-state index in [0.29, 0.717) is 5.41 Å². The van der Waals surface area contributed by atoms with Crippen molar-refractivity contribution >= 4 is 5.97 Å². The van der Waals surface area contributed by atoms with Crippen LogP contribution in [0.25, 0.3) is 0 Å². The first kappa shape index (κ1) is 11.6. The van der Waals surface area contributed by atoms with Crippen LogP contribution in [-0.4, -0.2) is 11.1 Å². The van der Waals surface area contributed by atoms with Crippen LogP contribution in [0.4, 0.5) is 0 Å². The Bertz CT molecular complexity index is 333. The normalized spacial score (nSPS) is 49.3. The van der Waals surface area contributed by atoms with Crippen LogP contribution in [0.1, 0.15) is 58.8 Å². The van der Waals surface area contributed by atoms with Crippen LogP contribution in [0.5, 0.6) is 0 Å². The minimum absolute atomic E-state index is 0.0901. The van der Waals surface area contributed by atoms with Gasteiger partial charge in [0.1, 0.15) is 0 Å². The maximum Gasteiger partial charge on any atom is 0.307 e. The molecular weight excluding hydrogens is 212 g/mol. The molecule has 0 amide bonds. The molecule has 96 valence electrons. The van der Waals surface area contributed by atoms with Gasteiger partial charge in [0.15, 0.2) is 0 Å². The van der Waals surface area contributed by atoms with Crippen molar-refractivity contribution < 1.29 is 9.90 Å². The van der Waals surface area contributed by atoms with Gasteiger partial charge in [-0.2, -0.15) is 0 Å². The van der Waals surface area contributed by atoms with Gasteiger partial charge in [0, 0.05) is 0 Å². The molecule has 0 saturated heterocycles. The Morgan fingerprint density at radius 1 is 1.29 bits per heavy atom. The quantitative estimate of drug-likeness (QED) is 0.811. The Balaban J connectivity index is 1.95. The molecule has 4 fully saturated rings. The summed E-state index contributed by atoms with van der Waals surface area (Å²) < 4.78 is 0. The smallest absolute Gasteiger partial charge is 0.307 e. The molecule has 4 aliphatic rings. The van der Waals surface area contributed by atoms with Crippen LogP contribution >= 0.6 is 0 Å². The number of hydrogen-bond acceptors (Lipinski definition) is 1. The van der Waals surface area contributed by atoms with E-state index in [1.165, 1.54) is 38.5 Å². The van der Waals surface area contributed by atoms with Crippen molar-refractivity contribution in [3.63, 3.8) is 0 Å². The number of aliphatic carboxylic acids is 1. The summed E-state index contributed by atoms with van der Waals surface area (Å²) in [6.45, 7) is 4.47. The molecule has 0 aromatic heterocycles. The second-order valence-electron chi connectivity index (χ2n) is 7.43. The Morgan fingerprint density at radius 2 is 1.88 bits per heavy atom. The average molecular weight is 236 g/mol. The molecule has 2 nitrogen and oxygen atoms in total. The molecule has 0 aromatic rings. The summed E-state index contributed by atoms with van der Waals surface area (Å²) in [6, 6.07) is 0. The van der Waals surface area contributed by atoms with Gasteiger partial charge in [-0.05, 0) is 67.6 Å². The zero-order valence-electron chi connectivity index (χ0n) is 11.0. The van der Waals surface area contributed by atoms with Crippen molar-refractivity contribution in [3.8, 4) is 0 Å². The maximum atomic E-state index is 11.6. The highest BCUT2D eigenvalue weighted by molar-refractivity contribution is 5.71. The van der Waals surface area contributed by atoms with E-state index in [-0.39, 0.29) is 11.3 Å². The van der Waals surface area contributed by atoms with Crippen LogP contribution in [0, 0.1) is 28.6 Å². The Labute approximate surface area is 104 Å². The van der Waals surface area contributed by atoms with Gasteiger partial charge in [-0.25, -0.2) is 0 Å². The van der Waals surface area contributed by atoms with Crippen molar-refractivity contribution in [2.75, 3.05) is 0 Å². The lowest BCUT2D eigenvalue weighted by Crippen LogP contribution is -2.54. The Morgan fingerprint density at radius 3 is 2.29 bits per heavy atom. The van der Waals surface area contributed by atoms with Crippen molar-refractivity contribution in [2.45, 2.75) is 58.8 Å². The predicted octanol–water partition coefficient (Wildman–Crippen LogP) is 3.70. The highest BCUT2D eigenvalue weighted by Crippen LogP contribution is 2.67. The summed E-state index contributed by atoms with van der Waals surface area (Å²) in [5.41, 5.74) is 0.617. The van der Waals surface area contributed by atoms with E-state index in [9.17, 15) is 9.90 Å². The van der Waals surface area contributed by atoms with Gasteiger partial charge in [-0.15, -0.1) is 0 Å². The topological polar surface area (TPSA) is 37.3 Å². The first-order valence-electron chi connectivity index (χ1n) is 7.19. The van der Waals surface area contributed by atoms with Crippen molar-refractivity contribution in [1.82, 2.24) is 0 Å². The van der Waals surface area contributed by atoms with Crippen LogP contribution < -0.4 is 0 Å². The highest BCUT2D eigenvalue weighted by Gasteiger charge is 2.59. The van der Waals surface area contributed by atoms with Gasteiger partial charge in [0.05, 0.1) is 5.92 Å². The monoisotopic (exact) mass is 236 g/mol. The van der Waals surface area contributed by atoms with Gasteiger partial charge >= 0.3 is 5.97 Å². The van der Waals surface area contributed by atoms with E-state index >= 15 is 0 Å². The molecule has 0 aliphatic heterocycles. The molecule has 4 rings (SSSR count). The lowest BCUT2D eigenvalue weighted by atomic mass is 9.42. The molecule has 4 saturated carbocycles.